The van der Waals surface area contributed by atoms with Gasteiger partial charge in [-0.1, -0.05) is 25.2 Å². The highest BCUT2D eigenvalue weighted by atomic mass is 32.1. The molecule has 0 saturated carbocycles. The number of hydrogen-bond acceptors (Lipinski definition) is 2. The molecule has 3 nitrogen and oxygen atoms in total. The molecule has 2 N–H and O–H groups in total. The molecule has 0 saturated heterocycles. The van der Waals surface area contributed by atoms with Crippen LogP contribution in [0.15, 0.2) is 24.3 Å². The number of hydrogen-bond donors (Lipinski definition) is 1. The number of nitrogens with zero attached hydrogens (tertiary/aromatic N) is 1. The second-order valence-corrected chi connectivity index (χ2v) is 4.23. The van der Waals surface area contributed by atoms with Gasteiger partial charge in [0.05, 0.1) is 11.5 Å². The Bertz CT molecular complexity index is 423. The van der Waals surface area contributed by atoms with Gasteiger partial charge in [-0.05, 0) is 24.6 Å². The molecule has 0 aliphatic carbocycles. The van der Waals surface area contributed by atoms with Gasteiger partial charge in [-0.2, -0.15) is 0 Å². The lowest BCUT2D eigenvalue weighted by atomic mass is 10.2. The van der Waals surface area contributed by atoms with E-state index in [4.69, 9.17) is 18.0 Å². The van der Waals surface area contributed by atoms with E-state index >= 15 is 0 Å². The van der Waals surface area contributed by atoms with Gasteiger partial charge < -0.3 is 10.6 Å². The van der Waals surface area contributed by atoms with Crippen LogP contribution in [0, 0.1) is 5.82 Å². The van der Waals surface area contributed by atoms with Crippen molar-refractivity contribution in [3.05, 3.63) is 35.6 Å². The van der Waals surface area contributed by atoms with E-state index in [1.807, 2.05) is 6.92 Å². The zero-order valence-electron chi connectivity index (χ0n) is 9.65. The van der Waals surface area contributed by atoms with E-state index in [0.29, 0.717) is 12.1 Å². The summed E-state index contributed by atoms with van der Waals surface area (Å²) in [4.78, 5) is 13.8. The first-order valence-corrected chi connectivity index (χ1v) is 5.78. The zero-order valence-corrected chi connectivity index (χ0v) is 10.5. The predicted octanol–water partition coefficient (Wildman–Crippen LogP) is 1.96. The Morgan fingerprint density at radius 3 is 2.76 bits per heavy atom. The highest BCUT2D eigenvalue weighted by molar-refractivity contribution is 7.80. The lowest BCUT2D eigenvalue weighted by Gasteiger charge is -2.21. The number of halogens is 1. The standard InChI is InChI=1S/C12H15FN2OS/c1-2-6-15(8-11(14)17)12(16)9-4-3-5-10(13)7-9/h3-5,7H,2,6,8H2,1H3,(H2,14,17). The summed E-state index contributed by atoms with van der Waals surface area (Å²) >= 11 is 4.79. The molecule has 0 bridgehead atoms. The Morgan fingerprint density at radius 1 is 1.53 bits per heavy atom. The molecule has 0 radical (unpaired) electrons. The first-order chi connectivity index (χ1) is 8.04. The average Bonchev–Trinajstić information content (AvgIpc) is 2.27. The van der Waals surface area contributed by atoms with Gasteiger partial charge in [0.25, 0.3) is 5.91 Å². The third-order valence-electron chi connectivity index (χ3n) is 2.20. The third-order valence-corrected chi connectivity index (χ3v) is 2.33. The summed E-state index contributed by atoms with van der Waals surface area (Å²) in [7, 11) is 0. The number of carbonyl (C=O) groups is 1. The van der Waals surface area contributed by atoms with Crippen molar-refractivity contribution >= 4 is 23.1 Å². The summed E-state index contributed by atoms with van der Waals surface area (Å²) < 4.78 is 13.0. The summed E-state index contributed by atoms with van der Waals surface area (Å²) in [5.74, 6) is -0.679. The lowest BCUT2D eigenvalue weighted by Crippen LogP contribution is -2.38. The molecule has 0 unspecified atom stereocenters. The molecule has 1 rings (SSSR count). The van der Waals surface area contributed by atoms with Crippen LogP contribution >= 0.6 is 12.2 Å². The van der Waals surface area contributed by atoms with Crippen LogP contribution in [0.25, 0.3) is 0 Å². The monoisotopic (exact) mass is 254 g/mol. The summed E-state index contributed by atoms with van der Waals surface area (Å²) in [6.45, 7) is 2.72. The quantitative estimate of drug-likeness (QED) is 0.817. The van der Waals surface area contributed by atoms with E-state index in [1.165, 1.54) is 23.1 Å². The molecule has 0 aliphatic rings. The molecule has 1 aromatic rings. The van der Waals surface area contributed by atoms with Gasteiger partial charge in [0.15, 0.2) is 0 Å². The molecular weight excluding hydrogens is 239 g/mol. The van der Waals surface area contributed by atoms with Crippen LogP contribution < -0.4 is 5.73 Å². The highest BCUT2D eigenvalue weighted by Crippen LogP contribution is 2.08. The van der Waals surface area contributed by atoms with Crippen molar-refractivity contribution in [2.75, 3.05) is 13.1 Å². The van der Waals surface area contributed by atoms with E-state index < -0.39 is 5.82 Å². The second-order valence-electron chi connectivity index (χ2n) is 3.70. The van der Waals surface area contributed by atoms with Crippen molar-refractivity contribution in [2.24, 2.45) is 5.73 Å². The van der Waals surface area contributed by atoms with Gasteiger partial charge >= 0.3 is 0 Å². The Hall–Kier alpha value is -1.49. The van der Waals surface area contributed by atoms with Crippen molar-refractivity contribution in [3.63, 3.8) is 0 Å². The van der Waals surface area contributed by atoms with Crippen LogP contribution in [-0.4, -0.2) is 28.9 Å². The molecule has 0 atom stereocenters. The number of rotatable bonds is 5. The SMILES string of the molecule is CCCN(CC(N)=S)C(=O)c1cccc(F)c1. The summed E-state index contributed by atoms with van der Waals surface area (Å²) in [5, 5.41) is 0. The maximum atomic E-state index is 13.0. The van der Waals surface area contributed by atoms with Crippen molar-refractivity contribution in [2.45, 2.75) is 13.3 Å². The topological polar surface area (TPSA) is 46.3 Å². The number of carbonyl (C=O) groups excluding carboxylic acids is 1. The Morgan fingerprint density at radius 2 is 2.24 bits per heavy atom. The van der Waals surface area contributed by atoms with Gasteiger partial charge in [-0.25, -0.2) is 4.39 Å². The van der Waals surface area contributed by atoms with Crippen molar-refractivity contribution in [1.82, 2.24) is 4.90 Å². The van der Waals surface area contributed by atoms with Crippen molar-refractivity contribution < 1.29 is 9.18 Å². The summed E-state index contributed by atoms with van der Waals surface area (Å²) in [6.07, 6.45) is 0.795. The molecule has 92 valence electrons. The largest absolute Gasteiger partial charge is 0.392 e. The van der Waals surface area contributed by atoms with Crippen LogP contribution in [0.4, 0.5) is 4.39 Å². The predicted molar refractivity (Wildman–Crippen MR) is 69.4 cm³/mol. The minimum atomic E-state index is -0.428. The van der Waals surface area contributed by atoms with Crippen LogP contribution in [0.5, 0.6) is 0 Å². The molecular formula is C12H15FN2OS. The highest BCUT2D eigenvalue weighted by Gasteiger charge is 2.15. The Kier molecular flexibility index (Phi) is 5.03. The molecule has 0 aromatic heterocycles. The van der Waals surface area contributed by atoms with E-state index in [1.54, 1.807) is 6.07 Å². The first kappa shape index (κ1) is 13.6. The van der Waals surface area contributed by atoms with Crippen LogP contribution in [-0.2, 0) is 0 Å². The number of thiocarbonyl (C=S) groups is 1. The van der Waals surface area contributed by atoms with Crippen LogP contribution in [0.3, 0.4) is 0 Å². The Balaban J connectivity index is 2.87. The molecule has 0 aliphatic heterocycles. The van der Waals surface area contributed by atoms with Gasteiger partial charge in [-0.3, -0.25) is 4.79 Å². The maximum absolute atomic E-state index is 13.0. The molecule has 0 spiro atoms. The number of benzene rings is 1. The van der Waals surface area contributed by atoms with Gasteiger partial charge in [-0.15, -0.1) is 0 Å². The smallest absolute Gasteiger partial charge is 0.254 e. The molecule has 1 aromatic carbocycles. The third kappa shape index (κ3) is 4.11. The van der Waals surface area contributed by atoms with Gasteiger partial charge in [0, 0.05) is 12.1 Å². The molecule has 5 heteroatoms. The summed E-state index contributed by atoms with van der Waals surface area (Å²) in [5.41, 5.74) is 5.75. The number of nitrogens with two attached hydrogens (primary N) is 1. The Labute approximate surface area is 105 Å². The molecule has 1 amide bonds. The fourth-order valence-corrected chi connectivity index (χ4v) is 1.67. The van der Waals surface area contributed by atoms with Gasteiger partial charge in [0.1, 0.15) is 5.82 Å². The number of amides is 1. The fraction of sp³-hybridized carbons (Fsp3) is 0.333. The molecule has 17 heavy (non-hydrogen) atoms. The van der Waals surface area contributed by atoms with E-state index in [-0.39, 0.29) is 17.4 Å². The lowest BCUT2D eigenvalue weighted by molar-refractivity contribution is 0.0779. The maximum Gasteiger partial charge on any atom is 0.254 e. The normalized spacial score (nSPS) is 10.0. The van der Waals surface area contributed by atoms with Crippen molar-refractivity contribution in [3.8, 4) is 0 Å². The van der Waals surface area contributed by atoms with Crippen LogP contribution in [0.2, 0.25) is 0 Å². The molecule has 0 fully saturated rings. The van der Waals surface area contributed by atoms with Gasteiger partial charge in [0.2, 0.25) is 0 Å². The fourth-order valence-electron chi connectivity index (χ4n) is 1.51. The minimum absolute atomic E-state index is 0.221. The van der Waals surface area contributed by atoms with E-state index in [9.17, 15) is 9.18 Å². The first-order valence-electron chi connectivity index (χ1n) is 5.37. The van der Waals surface area contributed by atoms with E-state index in [0.717, 1.165) is 6.42 Å². The van der Waals surface area contributed by atoms with Crippen molar-refractivity contribution in [1.29, 1.82) is 0 Å². The molecule has 0 heterocycles. The van der Waals surface area contributed by atoms with E-state index in [2.05, 4.69) is 0 Å². The second kappa shape index (κ2) is 6.30. The van der Waals surface area contributed by atoms with Crippen LogP contribution in [0.1, 0.15) is 23.7 Å². The minimum Gasteiger partial charge on any atom is -0.392 e. The average molecular weight is 254 g/mol. The zero-order chi connectivity index (χ0) is 12.8. The summed E-state index contributed by atoms with van der Waals surface area (Å²) in [6, 6.07) is 5.60.